The van der Waals surface area contributed by atoms with Crippen LogP contribution in [0.1, 0.15) is 47.2 Å². The Bertz CT molecular complexity index is 1290. The first kappa shape index (κ1) is 22.3. The van der Waals surface area contributed by atoms with E-state index < -0.39 is 0 Å². The maximum atomic E-state index is 13.0. The third-order valence-electron chi connectivity index (χ3n) is 5.71. The van der Waals surface area contributed by atoms with E-state index in [2.05, 4.69) is 17.6 Å². The van der Waals surface area contributed by atoms with Gasteiger partial charge in [-0.1, -0.05) is 55.0 Å². The van der Waals surface area contributed by atoms with Crippen LogP contribution in [-0.2, 0) is 17.8 Å². The standard InChI is InChI=1S/C27H28N4O2/c1-4-20-9-5-6-10-22(20)29-25(32)17-31-24-12-8-7-11-23(24)30-26(31)19(3)28-27(33)21-15-13-18(2)14-16-21/h5-16,19H,4,17H2,1-3H3,(H,28,33)(H,29,32). The fraction of sp³-hybridized carbons (Fsp3) is 0.222. The van der Waals surface area contributed by atoms with E-state index in [1.165, 1.54) is 0 Å². The van der Waals surface area contributed by atoms with Crippen molar-refractivity contribution in [2.45, 2.75) is 39.8 Å². The number of anilines is 1. The maximum absolute atomic E-state index is 13.0. The van der Waals surface area contributed by atoms with Gasteiger partial charge in [0.05, 0.1) is 17.1 Å². The van der Waals surface area contributed by atoms with Crippen molar-refractivity contribution in [3.63, 3.8) is 0 Å². The molecule has 1 heterocycles. The van der Waals surface area contributed by atoms with Gasteiger partial charge in [0.15, 0.2) is 0 Å². The van der Waals surface area contributed by atoms with Crippen LogP contribution in [0.4, 0.5) is 5.69 Å². The van der Waals surface area contributed by atoms with E-state index in [9.17, 15) is 9.59 Å². The van der Waals surface area contributed by atoms with Crippen LogP contribution in [0.15, 0.2) is 72.8 Å². The number of hydrogen-bond acceptors (Lipinski definition) is 3. The molecule has 0 bridgehead atoms. The fourth-order valence-corrected chi connectivity index (χ4v) is 3.92. The van der Waals surface area contributed by atoms with Crippen LogP contribution >= 0.6 is 0 Å². The summed E-state index contributed by atoms with van der Waals surface area (Å²) in [5.41, 5.74) is 5.21. The molecule has 2 amide bonds. The van der Waals surface area contributed by atoms with Crippen LogP contribution in [0.5, 0.6) is 0 Å². The van der Waals surface area contributed by atoms with Gasteiger partial charge in [-0.05, 0) is 56.2 Å². The number of rotatable bonds is 7. The molecule has 0 fully saturated rings. The largest absolute Gasteiger partial charge is 0.342 e. The van der Waals surface area contributed by atoms with Crippen molar-refractivity contribution in [2.75, 3.05) is 5.32 Å². The monoisotopic (exact) mass is 440 g/mol. The average molecular weight is 441 g/mol. The number of nitrogens with one attached hydrogen (secondary N) is 2. The van der Waals surface area contributed by atoms with Gasteiger partial charge in [-0.3, -0.25) is 9.59 Å². The Morgan fingerprint density at radius 3 is 2.42 bits per heavy atom. The van der Waals surface area contributed by atoms with Crippen LogP contribution in [0.3, 0.4) is 0 Å². The Morgan fingerprint density at radius 2 is 1.67 bits per heavy atom. The second kappa shape index (κ2) is 9.69. The lowest BCUT2D eigenvalue weighted by Crippen LogP contribution is -2.30. The van der Waals surface area contributed by atoms with Gasteiger partial charge in [-0.2, -0.15) is 0 Å². The topological polar surface area (TPSA) is 76.0 Å². The predicted molar refractivity (Wildman–Crippen MR) is 131 cm³/mol. The second-order valence-corrected chi connectivity index (χ2v) is 8.16. The van der Waals surface area contributed by atoms with Crippen LogP contribution in [-0.4, -0.2) is 21.4 Å². The van der Waals surface area contributed by atoms with Gasteiger partial charge in [0, 0.05) is 11.3 Å². The van der Waals surface area contributed by atoms with Crippen molar-refractivity contribution in [1.82, 2.24) is 14.9 Å². The maximum Gasteiger partial charge on any atom is 0.251 e. The molecule has 6 heteroatoms. The predicted octanol–water partition coefficient (Wildman–Crippen LogP) is 5.04. The molecule has 1 atom stereocenters. The molecule has 0 aliphatic rings. The Labute approximate surface area is 193 Å². The highest BCUT2D eigenvalue weighted by atomic mass is 16.2. The summed E-state index contributed by atoms with van der Waals surface area (Å²) in [4.78, 5) is 30.5. The summed E-state index contributed by atoms with van der Waals surface area (Å²) in [5.74, 6) is 0.315. The molecule has 3 aromatic carbocycles. The van der Waals surface area contributed by atoms with E-state index in [0.29, 0.717) is 11.4 Å². The molecule has 168 valence electrons. The summed E-state index contributed by atoms with van der Waals surface area (Å²) in [6.45, 7) is 6.02. The number of aryl methyl sites for hydroxylation is 2. The van der Waals surface area contributed by atoms with E-state index in [0.717, 1.165) is 34.3 Å². The summed E-state index contributed by atoms with van der Waals surface area (Å²) in [6, 6.07) is 22.5. The highest BCUT2D eigenvalue weighted by Gasteiger charge is 2.21. The summed E-state index contributed by atoms with van der Waals surface area (Å²) in [7, 11) is 0. The first-order chi connectivity index (χ1) is 16.0. The Morgan fingerprint density at radius 1 is 0.970 bits per heavy atom. The smallest absolute Gasteiger partial charge is 0.251 e. The summed E-state index contributed by atoms with van der Waals surface area (Å²) >= 11 is 0. The van der Waals surface area contributed by atoms with Crippen LogP contribution in [0.25, 0.3) is 11.0 Å². The Balaban J connectivity index is 1.59. The molecule has 0 aliphatic heterocycles. The summed E-state index contributed by atoms with van der Waals surface area (Å²) < 4.78 is 1.87. The zero-order valence-corrected chi connectivity index (χ0v) is 19.1. The molecular weight excluding hydrogens is 412 g/mol. The van der Waals surface area contributed by atoms with Gasteiger partial charge in [-0.15, -0.1) is 0 Å². The Hall–Kier alpha value is -3.93. The van der Waals surface area contributed by atoms with Crippen LogP contribution < -0.4 is 10.6 Å². The lowest BCUT2D eigenvalue weighted by molar-refractivity contribution is -0.116. The zero-order valence-electron chi connectivity index (χ0n) is 19.1. The molecule has 0 saturated carbocycles. The summed E-state index contributed by atoms with van der Waals surface area (Å²) in [5, 5.41) is 6.05. The minimum absolute atomic E-state index is 0.0959. The van der Waals surface area contributed by atoms with Crippen molar-refractivity contribution in [2.24, 2.45) is 0 Å². The average Bonchev–Trinajstić information content (AvgIpc) is 3.18. The van der Waals surface area contributed by atoms with E-state index >= 15 is 0 Å². The first-order valence-corrected chi connectivity index (χ1v) is 11.2. The number of benzene rings is 3. The van der Waals surface area contributed by atoms with Crippen molar-refractivity contribution in [3.8, 4) is 0 Å². The molecule has 33 heavy (non-hydrogen) atoms. The minimum atomic E-state index is -0.387. The third-order valence-corrected chi connectivity index (χ3v) is 5.71. The molecule has 6 nitrogen and oxygen atoms in total. The van der Waals surface area contributed by atoms with E-state index in [-0.39, 0.29) is 24.4 Å². The number of carbonyl (C=O) groups excluding carboxylic acids is 2. The van der Waals surface area contributed by atoms with Crippen molar-refractivity contribution < 1.29 is 9.59 Å². The van der Waals surface area contributed by atoms with Crippen LogP contribution in [0, 0.1) is 6.92 Å². The highest BCUT2D eigenvalue weighted by molar-refractivity contribution is 5.95. The summed E-state index contributed by atoms with van der Waals surface area (Å²) in [6.07, 6.45) is 0.831. The lowest BCUT2D eigenvalue weighted by atomic mass is 10.1. The number of para-hydroxylation sites is 3. The number of amides is 2. The molecule has 1 aromatic heterocycles. The first-order valence-electron chi connectivity index (χ1n) is 11.2. The third kappa shape index (κ3) is 4.95. The van der Waals surface area contributed by atoms with Crippen molar-refractivity contribution in [3.05, 3.63) is 95.3 Å². The zero-order chi connectivity index (χ0) is 23.4. The molecule has 0 aliphatic carbocycles. The van der Waals surface area contributed by atoms with E-state index in [1.54, 1.807) is 12.1 Å². The van der Waals surface area contributed by atoms with Gasteiger partial charge in [0.1, 0.15) is 12.4 Å². The second-order valence-electron chi connectivity index (χ2n) is 8.16. The number of carbonyl (C=O) groups is 2. The number of fused-ring (bicyclic) bond motifs is 1. The quantitative estimate of drug-likeness (QED) is 0.423. The molecule has 1 unspecified atom stereocenters. The van der Waals surface area contributed by atoms with Gasteiger partial charge >= 0.3 is 0 Å². The molecule has 2 N–H and O–H groups in total. The molecule has 4 aromatic rings. The SMILES string of the molecule is CCc1ccccc1NC(=O)Cn1c(C(C)NC(=O)c2ccc(C)cc2)nc2ccccc21. The van der Waals surface area contributed by atoms with Crippen molar-refractivity contribution in [1.29, 1.82) is 0 Å². The number of imidazole rings is 1. The molecule has 4 rings (SSSR count). The molecule has 0 spiro atoms. The van der Waals surface area contributed by atoms with Gasteiger partial charge in [0.2, 0.25) is 5.91 Å². The lowest BCUT2D eigenvalue weighted by Gasteiger charge is -2.17. The van der Waals surface area contributed by atoms with Gasteiger partial charge < -0.3 is 15.2 Å². The number of nitrogens with zero attached hydrogens (tertiary/aromatic N) is 2. The Kier molecular flexibility index (Phi) is 6.54. The molecular formula is C27H28N4O2. The van der Waals surface area contributed by atoms with E-state index in [1.807, 2.05) is 79.1 Å². The molecule has 0 saturated heterocycles. The van der Waals surface area contributed by atoms with E-state index in [4.69, 9.17) is 4.98 Å². The highest BCUT2D eigenvalue weighted by Crippen LogP contribution is 2.22. The molecule has 0 radical (unpaired) electrons. The van der Waals surface area contributed by atoms with Gasteiger partial charge in [-0.25, -0.2) is 4.98 Å². The number of aromatic nitrogens is 2. The van der Waals surface area contributed by atoms with Crippen molar-refractivity contribution >= 4 is 28.5 Å². The van der Waals surface area contributed by atoms with Crippen LogP contribution in [0.2, 0.25) is 0 Å². The minimum Gasteiger partial charge on any atom is -0.342 e. The fourth-order valence-electron chi connectivity index (χ4n) is 3.92. The van der Waals surface area contributed by atoms with Gasteiger partial charge in [0.25, 0.3) is 5.91 Å². The number of hydrogen-bond donors (Lipinski definition) is 2. The normalized spacial score (nSPS) is 11.8.